The fraction of sp³-hybridized carbons (Fsp3) is 0.214. The van der Waals surface area contributed by atoms with E-state index in [1.54, 1.807) is 0 Å². The number of rotatable bonds is 7. The van der Waals surface area contributed by atoms with Gasteiger partial charge < -0.3 is 9.88 Å². The van der Waals surface area contributed by atoms with Gasteiger partial charge in [-0.1, -0.05) is 78.9 Å². The number of aryl methyl sites for hydroxylation is 2. The first-order valence-corrected chi connectivity index (χ1v) is 13.5. The third-order valence-electron chi connectivity index (χ3n) is 6.48. The zero-order chi connectivity index (χ0) is 23.4. The minimum absolute atomic E-state index is 0.192. The van der Waals surface area contributed by atoms with Crippen molar-refractivity contribution < 1.29 is 4.57 Å². The molecule has 1 aliphatic rings. The molecule has 0 radical (unpaired) electrons. The number of anilines is 2. The van der Waals surface area contributed by atoms with Gasteiger partial charge in [-0.05, 0) is 31.4 Å². The van der Waals surface area contributed by atoms with Gasteiger partial charge in [0.1, 0.15) is 5.82 Å². The van der Waals surface area contributed by atoms with Crippen LogP contribution in [-0.4, -0.2) is 9.78 Å². The van der Waals surface area contributed by atoms with Crippen LogP contribution in [0.25, 0.3) is 0 Å². The normalized spacial score (nSPS) is 15.3. The summed E-state index contributed by atoms with van der Waals surface area (Å²) in [6.45, 7) is 0.492. The SMILES string of the molecule is N#CCCn1nc2c(c1Nc1ccccc1)C(P(=O)(c1ccccc1)c1ccccc1)CCC2. The van der Waals surface area contributed by atoms with Crippen molar-refractivity contribution in [2.24, 2.45) is 0 Å². The van der Waals surface area contributed by atoms with Crippen molar-refractivity contribution >= 4 is 29.3 Å². The van der Waals surface area contributed by atoms with Crippen LogP contribution in [0.1, 0.15) is 36.2 Å². The second-order valence-electron chi connectivity index (χ2n) is 8.57. The molecule has 1 aromatic heterocycles. The van der Waals surface area contributed by atoms with E-state index in [4.69, 9.17) is 5.10 Å². The maximum Gasteiger partial charge on any atom is 0.150 e. The number of hydrogen-bond acceptors (Lipinski definition) is 4. The highest BCUT2D eigenvalue weighted by Crippen LogP contribution is 2.62. The van der Waals surface area contributed by atoms with Gasteiger partial charge in [0.15, 0.2) is 7.14 Å². The minimum atomic E-state index is -3.03. The highest BCUT2D eigenvalue weighted by molar-refractivity contribution is 7.79. The van der Waals surface area contributed by atoms with Gasteiger partial charge in [-0.15, -0.1) is 0 Å². The van der Waals surface area contributed by atoms with Crippen molar-refractivity contribution in [3.05, 3.63) is 102 Å². The minimum Gasteiger partial charge on any atom is -0.340 e. The van der Waals surface area contributed by atoms with Crippen LogP contribution in [0.3, 0.4) is 0 Å². The van der Waals surface area contributed by atoms with Crippen LogP contribution in [0, 0.1) is 11.3 Å². The maximum atomic E-state index is 15.2. The zero-order valence-corrected chi connectivity index (χ0v) is 19.9. The van der Waals surface area contributed by atoms with Crippen molar-refractivity contribution in [1.29, 1.82) is 5.26 Å². The molecule has 5 nitrogen and oxygen atoms in total. The van der Waals surface area contributed by atoms with E-state index in [-0.39, 0.29) is 5.66 Å². The fourth-order valence-corrected chi connectivity index (χ4v) is 8.38. The molecule has 1 heterocycles. The number of hydrogen-bond donors (Lipinski definition) is 1. The standard InChI is InChI=1S/C28H27N4OP/c29-20-11-21-32-28(30-22-12-4-1-5-13-22)27-25(31-32)18-10-19-26(27)34(33,23-14-6-2-7-15-23)24-16-8-3-9-17-24/h1-9,12-17,26,30H,10-11,18-19,21H2. The number of aromatic nitrogens is 2. The van der Waals surface area contributed by atoms with Gasteiger partial charge in [0.05, 0.1) is 30.4 Å². The van der Waals surface area contributed by atoms with Gasteiger partial charge in [0.2, 0.25) is 0 Å². The summed E-state index contributed by atoms with van der Waals surface area (Å²) in [5.74, 6) is 0.855. The van der Waals surface area contributed by atoms with Crippen LogP contribution in [0.15, 0.2) is 91.0 Å². The van der Waals surface area contributed by atoms with Gasteiger partial charge in [-0.25, -0.2) is 4.68 Å². The predicted octanol–water partition coefficient (Wildman–Crippen LogP) is 5.93. The number of nitrogens with zero attached hydrogens (tertiary/aromatic N) is 3. The van der Waals surface area contributed by atoms with Gasteiger partial charge in [0.25, 0.3) is 0 Å². The Balaban J connectivity index is 1.71. The lowest BCUT2D eigenvalue weighted by molar-refractivity contribution is 0.561. The average Bonchev–Trinajstić information content (AvgIpc) is 3.25. The Bertz CT molecular complexity index is 1300. The van der Waals surface area contributed by atoms with E-state index in [1.807, 2.05) is 95.7 Å². The van der Waals surface area contributed by atoms with E-state index >= 15 is 4.57 Å². The summed E-state index contributed by atoms with van der Waals surface area (Å²) in [6.07, 6.45) is 2.96. The second-order valence-corrected chi connectivity index (χ2v) is 11.5. The first kappa shape index (κ1) is 22.2. The molecule has 34 heavy (non-hydrogen) atoms. The summed E-state index contributed by atoms with van der Waals surface area (Å²) in [5.41, 5.74) is 2.77. The van der Waals surface area contributed by atoms with Crippen LogP contribution in [-0.2, 0) is 17.5 Å². The Morgan fingerprint density at radius 3 is 2.12 bits per heavy atom. The molecule has 1 atom stereocenters. The third kappa shape index (κ3) is 4.06. The number of nitrogens with one attached hydrogen (secondary N) is 1. The lowest BCUT2D eigenvalue weighted by atomic mass is 9.96. The van der Waals surface area contributed by atoms with E-state index in [9.17, 15) is 5.26 Å². The smallest absolute Gasteiger partial charge is 0.150 e. The molecule has 170 valence electrons. The molecular formula is C28H27N4OP. The summed E-state index contributed by atoms with van der Waals surface area (Å²) in [7, 11) is -3.03. The topological polar surface area (TPSA) is 70.7 Å². The highest BCUT2D eigenvalue weighted by atomic mass is 31.2. The number of benzene rings is 3. The van der Waals surface area contributed by atoms with E-state index in [1.165, 1.54) is 0 Å². The highest BCUT2D eigenvalue weighted by Gasteiger charge is 2.43. The van der Waals surface area contributed by atoms with Gasteiger partial charge in [-0.3, -0.25) is 0 Å². The molecule has 1 aliphatic carbocycles. The van der Waals surface area contributed by atoms with Crippen LogP contribution in [0.4, 0.5) is 11.5 Å². The van der Waals surface area contributed by atoms with Crippen LogP contribution >= 0.6 is 7.14 Å². The summed E-state index contributed by atoms with van der Waals surface area (Å²) in [6, 6.07) is 32.0. The molecule has 0 aliphatic heterocycles. The summed E-state index contributed by atoms with van der Waals surface area (Å²) >= 11 is 0. The molecule has 0 bridgehead atoms. The van der Waals surface area contributed by atoms with E-state index < -0.39 is 7.14 Å². The van der Waals surface area contributed by atoms with Crippen molar-refractivity contribution in [3.63, 3.8) is 0 Å². The Labute approximate surface area is 200 Å². The van der Waals surface area contributed by atoms with Crippen LogP contribution in [0.5, 0.6) is 0 Å². The first-order valence-electron chi connectivity index (χ1n) is 11.7. The molecule has 6 heteroatoms. The molecule has 5 rings (SSSR count). The van der Waals surface area contributed by atoms with Gasteiger partial charge in [0, 0.05) is 21.9 Å². The molecule has 4 aromatic rings. The third-order valence-corrected chi connectivity index (χ3v) is 10.0. The quantitative estimate of drug-likeness (QED) is 0.343. The maximum absolute atomic E-state index is 15.2. The molecule has 3 aromatic carbocycles. The van der Waals surface area contributed by atoms with Crippen molar-refractivity contribution in [1.82, 2.24) is 9.78 Å². The number of para-hydroxylation sites is 1. The van der Waals surface area contributed by atoms with E-state index in [2.05, 4.69) is 11.4 Å². The summed E-state index contributed by atoms with van der Waals surface area (Å²) < 4.78 is 17.1. The molecule has 0 spiro atoms. The largest absolute Gasteiger partial charge is 0.340 e. The van der Waals surface area contributed by atoms with E-state index in [0.717, 1.165) is 52.6 Å². The van der Waals surface area contributed by atoms with Gasteiger partial charge in [-0.2, -0.15) is 10.4 Å². The lowest BCUT2D eigenvalue weighted by Gasteiger charge is -2.32. The predicted molar refractivity (Wildman–Crippen MR) is 138 cm³/mol. The Morgan fingerprint density at radius 2 is 1.53 bits per heavy atom. The molecule has 0 saturated heterocycles. The summed E-state index contributed by atoms with van der Waals surface area (Å²) in [5, 5.41) is 19.5. The number of fused-ring (bicyclic) bond motifs is 1. The molecule has 1 N–H and O–H groups in total. The van der Waals surface area contributed by atoms with Gasteiger partial charge >= 0.3 is 0 Å². The number of nitriles is 1. The summed E-state index contributed by atoms with van der Waals surface area (Å²) in [4.78, 5) is 0. The van der Waals surface area contributed by atoms with Crippen molar-refractivity contribution in [2.45, 2.75) is 37.9 Å². The molecule has 0 fully saturated rings. The van der Waals surface area contributed by atoms with Crippen molar-refractivity contribution in [2.75, 3.05) is 5.32 Å². The monoisotopic (exact) mass is 466 g/mol. The Morgan fingerprint density at radius 1 is 0.941 bits per heavy atom. The molecular weight excluding hydrogens is 439 g/mol. The Hall–Kier alpha value is -3.61. The van der Waals surface area contributed by atoms with Crippen LogP contribution < -0.4 is 15.9 Å². The first-order chi connectivity index (χ1) is 16.7. The molecule has 0 amide bonds. The Kier molecular flexibility index (Phi) is 6.34. The zero-order valence-electron chi connectivity index (χ0n) is 19.0. The molecule has 0 saturated carbocycles. The van der Waals surface area contributed by atoms with Crippen LogP contribution in [0.2, 0.25) is 0 Å². The van der Waals surface area contributed by atoms with E-state index in [0.29, 0.717) is 13.0 Å². The lowest BCUT2D eigenvalue weighted by Crippen LogP contribution is -2.24. The fourth-order valence-electron chi connectivity index (χ4n) is 4.95. The molecule has 1 unspecified atom stereocenters. The second kappa shape index (κ2) is 9.71. The van der Waals surface area contributed by atoms with Crippen molar-refractivity contribution in [3.8, 4) is 6.07 Å². The average molecular weight is 467 g/mol.